The molecule has 1 aliphatic heterocycles. The van der Waals surface area contributed by atoms with E-state index in [4.69, 9.17) is 0 Å². The van der Waals surface area contributed by atoms with Crippen molar-refractivity contribution in [3.05, 3.63) is 35.1 Å². The minimum atomic E-state index is -0.349. The van der Waals surface area contributed by atoms with Gasteiger partial charge in [-0.3, -0.25) is 14.5 Å². The summed E-state index contributed by atoms with van der Waals surface area (Å²) in [5.74, 6) is -0.945. The highest BCUT2D eigenvalue weighted by Crippen LogP contribution is 2.22. The lowest BCUT2D eigenvalue weighted by Gasteiger charge is -2.16. The number of imide groups is 1. The molecule has 0 bridgehead atoms. The van der Waals surface area contributed by atoms with Crippen LogP contribution in [0.25, 0.3) is 0 Å². The fraction of sp³-hybridized carbons (Fsp3) is 0.385. The van der Waals surface area contributed by atoms with Crippen LogP contribution in [0.2, 0.25) is 0 Å². The molecular formula is C13H14FNO2. The lowest BCUT2D eigenvalue weighted by molar-refractivity contribution is -0.139. The first-order valence-corrected chi connectivity index (χ1v) is 5.58. The van der Waals surface area contributed by atoms with Crippen LogP contribution in [-0.2, 0) is 16.1 Å². The zero-order valence-electron chi connectivity index (χ0n) is 9.87. The van der Waals surface area contributed by atoms with E-state index in [1.807, 2.05) is 6.92 Å². The van der Waals surface area contributed by atoms with Crippen molar-refractivity contribution in [3.63, 3.8) is 0 Å². The Hall–Kier alpha value is -1.71. The fourth-order valence-corrected chi connectivity index (χ4v) is 2.00. The van der Waals surface area contributed by atoms with Crippen LogP contribution in [0.3, 0.4) is 0 Å². The Morgan fingerprint density at radius 2 is 2.12 bits per heavy atom. The highest BCUT2D eigenvalue weighted by Gasteiger charge is 2.35. The first-order chi connectivity index (χ1) is 7.99. The number of likely N-dealkylation sites (tertiary alicyclic amines) is 1. The zero-order chi connectivity index (χ0) is 12.6. The van der Waals surface area contributed by atoms with Crippen LogP contribution >= 0.6 is 0 Å². The van der Waals surface area contributed by atoms with Gasteiger partial charge in [-0.1, -0.05) is 13.0 Å². The lowest BCUT2D eigenvalue weighted by atomic mass is 10.1. The van der Waals surface area contributed by atoms with E-state index in [-0.39, 0.29) is 36.5 Å². The fourth-order valence-electron chi connectivity index (χ4n) is 2.00. The molecule has 1 aromatic rings. The van der Waals surface area contributed by atoms with Crippen molar-refractivity contribution in [2.24, 2.45) is 5.92 Å². The molecule has 0 aromatic heterocycles. The van der Waals surface area contributed by atoms with Crippen LogP contribution in [0.4, 0.5) is 4.39 Å². The first-order valence-electron chi connectivity index (χ1n) is 5.58. The molecule has 0 N–H and O–H groups in total. The maximum Gasteiger partial charge on any atom is 0.232 e. The van der Waals surface area contributed by atoms with Crippen LogP contribution in [0.1, 0.15) is 24.5 Å². The van der Waals surface area contributed by atoms with E-state index in [9.17, 15) is 14.0 Å². The minimum Gasteiger partial charge on any atom is -0.278 e. The number of carbonyl (C=O) groups excluding carboxylic acids is 2. The third kappa shape index (κ3) is 2.20. The molecule has 90 valence electrons. The molecule has 4 heteroatoms. The summed E-state index contributed by atoms with van der Waals surface area (Å²) in [6.45, 7) is 3.74. The van der Waals surface area contributed by atoms with Gasteiger partial charge in [0, 0.05) is 12.3 Å². The Balaban J connectivity index is 2.24. The average Bonchev–Trinajstić information content (AvgIpc) is 2.50. The number of aryl methyl sites for hydroxylation is 1. The van der Waals surface area contributed by atoms with Crippen molar-refractivity contribution < 1.29 is 14.0 Å². The average molecular weight is 235 g/mol. The Morgan fingerprint density at radius 1 is 1.41 bits per heavy atom. The Kier molecular flexibility index (Phi) is 2.96. The molecule has 1 aliphatic rings. The predicted octanol–water partition coefficient (Wildman–Crippen LogP) is 2.03. The highest BCUT2D eigenvalue weighted by atomic mass is 19.1. The molecule has 2 amide bonds. The first kappa shape index (κ1) is 11.8. The van der Waals surface area contributed by atoms with Gasteiger partial charge in [0.05, 0.1) is 6.54 Å². The number of nitrogens with zero attached hydrogens (tertiary/aromatic N) is 1. The quantitative estimate of drug-likeness (QED) is 0.735. The van der Waals surface area contributed by atoms with E-state index in [0.717, 1.165) is 5.56 Å². The van der Waals surface area contributed by atoms with Gasteiger partial charge in [-0.2, -0.15) is 0 Å². The van der Waals surface area contributed by atoms with Crippen molar-refractivity contribution >= 4 is 11.8 Å². The molecule has 17 heavy (non-hydrogen) atoms. The molecule has 0 spiro atoms. The number of benzene rings is 1. The summed E-state index contributed by atoms with van der Waals surface area (Å²) < 4.78 is 13.1. The maximum absolute atomic E-state index is 13.1. The van der Waals surface area contributed by atoms with Crippen LogP contribution in [0, 0.1) is 18.7 Å². The van der Waals surface area contributed by atoms with Crippen molar-refractivity contribution in [2.45, 2.75) is 26.8 Å². The standard InChI is InChI=1S/C13H14FNO2/c1-8-3-4-11(14)6-10(8)7-15-12(16)5-9(2)13(15)17/h3-4,6,9H,5,7H2,1-2H3/t9-/m1/s1. The molecule has 1 atom stereocenters. The van der Waals surface area contributed by atoms with Gasteiger partial charge in [0.25, 0.3) is 0 Å². The summed E-state index contributed by atoms with van der Waals surface area (Å²) in [4.78, 5) is 24.5. The summed E-state index contributed by atoms with van der Waals surface area (Å²) >= 11 is 0. The van der Waals surface area contributed by atoms with Gasteiger partial charge in [-0.05, 0) is 30.2 Å². The number of hydrogen-bond acceptors (Lipinski definition) is 2. The van der Waals surface area contributed by atoms with E-state index in [0.29, 0.717) is 5.56 Å². The van der Waals surface area contributed by atoms with Gasteiger partial charge in [0.2, 0.25) is 11.8 Å². The topological polar surface area (TPSA) is 37.4 Å². The van der Waals surface area contributed by atoms with Crippen LogP contribution in [0.15, 0.2) is 18.2 Å². The zero-order valence-corrected chi connectivity index (χ0v) is 9.87. The second-order valence-corrected chi connectivity index (χ2v) is 4.49. The van der Waals surface area contributed by atoms with E-state index >= 15 is 0 Å². The molecule has 2 rings (SSSR count). The molecule has 3 nitrogen and oxygen atoms in total. The van der Waals surface area contributed by atoms with Gasteiger partial charge >= 0.3 is 0 Å². The third-order valence-electron chi connectivity index (χ3n) is 3.11. The number of hydrogen-bond donors (Lipinski definition) is 0. The number of amides is 2. The smallest absolute Gasteiger partial charge is 0.232 e. The molecule has 0 unspecified atom stereocenters. The van der Waals surface area contributed by atoms with E-state index in [1.54, 1.807) is 13.0 Å². The van der Waals surface area contributed by atoms with Crippen molar-refractivity contribution in [3.8, 4) is 0 Å². The molecule has 1 saturated heterocycles. The summed E-state index contributed by atoms with van der Waals surface area (Å²) in [5, 5.41) is 0. The molecule has 0 saturated carbocycles. The summed E-state index contributed by atoms with van der Waals surface area (Å²) in [6, 6.07) is 4.40. The van der Waals surface area contributed by atoms with Crippen LogP contribution in [-0.4, -0.2) is 16.7 Å². The van der Waals surface area contributed by atoms with Gasteiger partial charge in [0.1, 0.15) is 5.82 Å². The number of halogens is 1. The lowest BCUT2D eigenvalue weighted by Crippen LogP contribution is -2.30. The van der Waals surface area contributed by atoms with E-state index < -0.39 is 0 Å². The summed E-state index contributed by atoms with van der Waals surface area (Å²) in [6.07, 6.45) is 0.257. The maximum atomic E-state index is 13.1. The van der Waals surface area contributed by atoms with Crippen molar-refractivity contribution in [1.29, 1.82) is 0 Å². The predicted molar refractivity (Wildman–Crippen MR) is 60.5 cm³/mol. The SMILES string of the molecule is Cc1ccc(F)cc1CN1C(=O)C[C@@H](C)C1=O. The Labute approximate surface area is 99.2 Å². The van der Waals surface area contributed by atoms with E-state index in [1.165, 1.54) is 17.0 Å². The van der Waals surface area contributed by atoms with Crippen LogP contribution in [0.5, 0.6) is 0 Å². The minimum absolute atomic E-state index is 0.168. The Bertz CT molecular complexity index is 484. The van der Waals surface area contributed by atoms with Crippen molar-refractivity contribution in [1.82, 2.24) is 4.90 Å². The molecule has 0 aliphatic carbocycles. The van der Waals surface area contributed by atoms with Gasteiger partial charge in [0.15, 0.2) is 0 Å². The molecule has 1 fully saturated rings. The van der Waals surface area contributed by atoms with Gasteiger partial charge in [-0.25, -0.2) is 4.39 Å². The molecular weight excluding hydrogens is 221 g/mol. The molecule has 1 heterocycles. The van der Waals surface area contributed by atoms with Crippen molar-refractivity contribution in [2.75, 3.05) is 0 Å². The van der Waals surface area contributed by atoms with Gasteiger partial charge in [-0.15, -0.1) is 0 Å². The number of rotatable bonds is 2. The normalized spacial score (nSPS) is 20.2. The Morgan fingerprint density at radius 3 is 2.71 bits per heavy atom. The monoisotopic (exact) mass is 235 g/mol. The molecule has 0 radical (unpaired) electrons. The summed E-state index contributed by atoms with van der Waals surface area (Å²) in [5.41, 5.74) is 1.56. The third-order valence-corrected chi connectivity index (χ3v) is 3.11. The highest BCUT2D eigenvalue weighted by molar-refractivity contribution is 6.03. The molecule has 1 aromatic carbocycles. The van der Waals surface area contributed by atoms with Gasteiger partial charge < -0.3 is 0 Å². The van der Waals surface area contributed by atoms with E-state index in [2.05, 4.69) is 0 Å². The second-order valence-electron chi connectivity index (χ2n) is 4.49. The van der Waals surface area contributed by atoms with Crippen LogP contribution < -0.4 is 0 Å². The summed E-state index contributed by atoms with van der Waals surface area (Å²) in [7, 11) is 0. The largest absolute Gasteiger partial charge is 0.278 e. The number of carbonyl (C=O) groups is 2. The second kappa shape index (κ2) is 4.28.